The van der Waals surface area contributed by atoms with Crippen LogP contribution in [0, 0.1) is 10.8 Å². The van der Waals surface area contributed by atoms with Crippen LogP contribution >= 0.6 is 16.3 Å². The highest BCUT2D eigenvalue weighted by molar-refractivity contribution is 7.91. The quantitative estimate of drug-likeness (QED) is 0.340. The maximum Gasteiger partial charge on any atom is 0.0804 e. The molecule has 3 aliphatic rings. The van der Waals surface area contributed by atoms with Gasteiger partial charge in [-0.15, -0.1) is 0 Å². The van der Waals surface area contributed by atoms with Gasteiger partial charge in [0.1, 0.15) is 0 Å². The Labute approximate surface area is 155 Å². The van der Waals surface area contributed by atoms with E-state index >= 15 is 0 Å². The zero-order valence-corrected chi connectivity index (χ0v) is 21.7. The zero-order valence-electron chi connectivity index (χ0n) is 17.9. The Morgan fingerprint density at radius 3 is 1.67 bits per heavy atom. The minimum absolute atomic E-state index is 0.192. The summed E-state index contributed by atoms with van der Waals surface area (Å²) in [6.07, 6.45) is 0. The van der Waals surface area contributed by atoms with Crippen molar-refractivity contribution in [3.8, 4) is 0 Å². The van der Waals surface area contributed by atoms with Crippen molar-refractivity contribution in [3.63, 3.8) is 0 Å². The van der Waals surface area contributed by atoms with Crippen LogP contribution in [0.1, 0.15) is 41.5 Å². The van der Waals surface area contributed by atoms with E-state index in [9.17, 15) is 0 Å². The van der Waals surface area contributed by atoms with E-state index < -0.39 is 24.2 Å². The monoisotopic (exact) mass is 397 g/mol. The molecule has 0 aliphatic carbocycles. The summed E-state index contributed by atoms with van der Waals surface area (Å²) in [6, 6.07) is 0. The first-order chi connectivity index (χ1) is 10.5. The molecule has 0 saturated carbocycles. The second-order valence-electron chi connectivity index (χ2n) is 11.4. The fourth-order valence-electron chi connectivity index (χ4n) is 3.61. The molecule has 0 fully saturated rings. The van der Waals surface area contributed by atoms with Crippen LogP contribution in [0.4, 0.5) is 0 Å². The second kappa shape index (κ2) is 5.98. The summed E-state index contributed by atoms with van der Waals surface area (Å²) in [5, 5.41) is 3.62. The van der Waals surface area contributed by atoms with E-state index in [-0.39, 0.29) is 10.8 Å². The van der Waals surface area contributed by atoms with E-state index in [2.05, 4.69) is 80.8 Å². The Morgan fingerprint density at radius 1 is 0.833 bits per heavy atom. The van der Waals surface area contributed by atoms with Crippen LogP contribution < -0.4 is 0 Å². The number of hydrogen-bond acceptors (Lipinski definition) is 1. The van der Waals surface area contributed by atoms with Crippen LogP contribution in [0.5, 0.6) is 0 Å². The van der Waals surface area contributed by atoms with Gasteiger partial charge in [-0.2, -0.15) is 0 Å². The fourth-order valence-corrected chi connectivity index (χ4v) is 19.5. The Morgan fingerprint density at radius 2 is 1.33 bits per heavy atom. The molecule has 3 heterocycles. The average Bonchev–Trinajstić information content (AvgIpc) is 2.32. The smallest absolute Gasteiger partial charge is 0.0804 e. The summed E-state index contributed by atoms with van der Waals surface area (Å²) in [4.78, 5) is 1.86. The molecule has 2 unspecified atom stereocenters. The third-order valence-corrected chi connectivity index (χ3v) is 16.6. The predicted molar refractivity (Wildman–Crippen MR) is 123 cm³/mol. The van der Waals surface area contributed by atoms with Gasteiger partial charge in [0.25, 0.3) is 0 Å². The Kier molecular flexibility index (Phi) is 5.17. The maximum atomic E-state index is 5.52. The SMILES string of the molecule is CC(C)(C)C1=NP2C(C(C)(C)C)=PC1C([Si](C)(C)C)=C2[Si](C)(C)C. The van der Waals surface area contributed by atoms with Crippen molar-refractivity contribution in [2.45, 2.75) is 86.5 Å². The Balaban J connectivity index is 2.77. The summed E-state index contributed by atoms with van der Waals surface area (Å²) in [6.45, 7) is 29.6. The van der Waals surface area contributed by atoms with Gasteiger partial charge >= 0.3 is 0 Å². The van der Waals surface area contributed by atoms with Crippen LogP contribution in [0.3, 0.4) is 0 Å². The molecular formula is C19H37NP2Si2. The van der Waals surface area contributed by atoms with E-state index in [1.807, 2.05) is 10.1 Å². The molecule has 0 amide bonds. The highest BCUT2D eigenvalue weighted by Crippen LogP contribution is 2.67. The lowest BCUT2D eigenvalue weighted by molar-refractivity contribution is 0.583. The Bertz CT molecular complexity index is 576. The number of allylic oxidation sites excluding steroid dienone is 1. The number of nitrogens with zero attached hydrogens (tertiary/aromatic N) is 1. The molecular weight excluding hydrogens is 360 g/mol. The summed E-state index contributed by atoms with van der Waals surface area (Å²) < 4.78 is 5.52. The molecule has 5 heteroatoms. The minimum Gasteiger partial charge on any atom is -0.260 e. The summed E-state index contributed by atoms with van der Waals surface area (Å²) in [5.74, 6) is 0. The lowest BCUT2D eigenvalue weighted by atomic mass is 9.88. The van der Waals surface area contributed by atoms with E-state index in [1.54, 1.807) is 13.2 Å². The average molecular weight is 398 g/mol. The summed E-state index contributed by atoms with van der Waals surface area (Å²) >= 11 is 0. The van der Waals surface area contributed by atoms with Crippen LogP contribution in [0.25, 0.3) is 0 Å². The van der Waals surface area contributed by atoms with Crippen LogP contribution in [0.15, 0.2) is 14.9 Å². The van der Waals surface area contributed by atoms with Crippen LogP contribution in [-0.2, 0) is 0 Å². The van der Waals surface area contributed by atoms with Crippen molar-refractivity contribution in [1.82, 2.24) is 0 Å². The van der Waals surface area contributed by atoms with E-state index in [0.717, 1.165) is 0 Å². The lowest BCUT2D eigenvalue weighted by Gasteiger charge is -2.50. The third kappa shape index (κ3) is 3.75. The van der Waals surface area contributed by atoms with Crippen LogP contribution in [-0.4, -0.2) is 32.6 Å². The van der Waals surface area contributed by atoms with Gasteiger partial charge in [0.05, 0.1) is 29.9 Å². The zero-order chi connectivity index (χ0) is 18.9. The summed E-state index contributed by atoms with van der Waals surface area (Å²) in [5.41, 5.74) is 2.54. The highest BCUT2D eigenvalue weighted by atomic mass is 31.2. The molecule has 2 bridgehead atoms. The van der Waals surface area contributed by atoms with Gasteiger partial charge in [-0.05, 0) is 10.4 Å². The summed E-state index contributed by atoms with van der Waals surface area (Å²) in [7, 11) is -1.61. The molecule has 2 atom stereocenters. The molecule has 24 heavy (non-hydrogen) atoms. The molecule has 3 rings (SSSR count). The van der Waals surface area contributed by atoms with Gasteiger partial charge < -0.3 is 0 Å². The van der Waals surface area contributed by atoms with Crippen LogP contribution in [0.2, 0.25) is 39.3 Å². The first kappa shape index (κ1) is 20.8. The molecule has 0 spiro atoms. The predicted octanol–water partition coefficient (Wildman–Crippen LogP) is 7.40. The van der Waals surface area contributed by atoms with Gasteiger partial charge in [-0.3, -0.25) is 4.76 Å². The fraction of sp³-hybridized carbons (Fsp3) is 0.789. The van der Waals surface area contributed by atoms with E-state index in [4.69, 9.17) is 4.76 Å². The minimum atomic E-state index is -1.38. The van der Waals surface area contributed by atoms with Gasteiger partial charge in [-0.25, -0.2) is 0 Å². The van der Waals surface area contributed by atoms with E-state index in [1.165, 1.54) is 5.71 Å². The van der Waals surface area contributed by atoms with Crippen molar-refractivity contribution >= 4 is 43.2 Å². The lowest BCUT2D eigenvalue weighted by Crippen LogP contribution is -2.47. The van der Waals surface area contributed by atoms with Crippen molar-refractivity contribution in [2.75, 3.05) is 0 Å². The molecule has 0 aromatic rings. The Hall–Kier alpha value is 0.444. The first-order valence-electron chi connectivity index (χ1n) is 9.18. The second-order valence-corrected chi connectivity index (χ2v) is 25.2. The molecule has 3 aliphatic heterocycles. The molecule has 0 radical (unpaired) electrons. The number of hydrogen-bond donors (Lipinski definition) is 0. The normalized spacial score (nSPS) is 26.5. The van der Waals surface area contributed by atoms with Gasteiger partial charge in [0.2, 0.25) is 0 Å². The highest BCUT2D eigenvalue weighted by Gasteiger charge is 2.50. The van der Waals surface area contributed by atoms with Crippen molar-refractivity contribution in [1.29, 1.82) is 0 Å². The third-order valence-electron chi connectivity index (χ3n) is 4.62. The topological polar surface area (TPSA) is 12.4 Å². The van der Waals surface area contributed by atoms with Crippen molar-refractivity contribution < 1.29 is 0 Å². The van der Waals surface area contributed by atoms with Gasteiger partial charge in [-0.1, -0.05) is 94.2 Å². The first-order valence-corrected chi connectivity index (χ1v) is 18.4. The molecule has 0 aromatic heterocycles. The molecule has 0 aromatic carbocycles. The van der Waals surface area contributed by atoms with Gasteiger partial charge in [0, 0.05) is 16.2 Å². The van der Waals surface area contributed by atoms with Gasteiger partial charge in [0.15, 0.2) is 0 Å². The van der Waals surface area contributed by atoms with E-state index in [0.29, 0.717) is 5.66 Å². The largest absolute Gasteiger partial charge is 0.260 e. The molecule has 0 N–H and O–H groups in total. The maximum absolute atomic E-state index is 5.52. The molecule has 136 valence electrons. The standard InChI is InChI=1S/C19H37NP2Si2/c1-18(2,3)15-13-14(23(7,8)9)16(24(10,11)12)22(20-15)17(21-13)19(4,5)6/h13H,1-12H3. The molecule has 0 saturated heterocycles. The van der Waals surface area contributed by atoms with Crippen molar-refractivity contribution in [2.24, 2.45) is 15.6 Å². The number of rotatable bonds is 2. The molecule has 1 nitrogen and oxygen atoms in total. The van der Waals surface area contributed by atoms with Crippen molar-refractivity contribution in [3.05, 3.63) is 10.1 Å².